The quantitative estimate of drug-likeness (QED) is 0.514. The van der Waals surface area contributed by atoms with Gasteiger partial charge in [-0.2, -0.15) is 13.2 Å². The number of fused-ring (bicyclic) bond motifs is 1. The molecule has 0 fully saturated rings. The summed E-state index contributed by atoms with van der Waals surface area (Å²) in [6.45, 7) is 0.233. The molecule has 0 spiro atoms. The first-order chi connectivity index (χ1) is 9.84. The molecule has 2 aromatic rings. The summed E-state index contributed by atoms with van der Waals surface area (Å²) in [5.41, 5.74) is -2.31. The van der Waals surface area contributed by atoms with Gasteiger partial charge in [0.1, 0.15) is 0 Å². The Balaban J connectivity index is 2.57. The summed E-state index contributed by atoms with van der Waals surface area (Å²) in [5, 5.41) is -0.184. The average molecular weight is 320 g/mol. The van der Waals surface area contributed by atoms with Crippen LogP contribution in [-0.2, 0) is 16.9 Å². The van der Waals surface area contributed by atoms with E-state index in [0.29, 0.717) is 6.42 Å². The Morgan fingerprint density at radius 3 is 2.62 bits per heavy atom. The predicted molar refractivity (Wildman–Crippen MR) is 73.4 cm³/mol. The van der Waals surface area contributed by atoms with Crippen LogP contribution in [0.3, 0.4) is 0 Å². The molecule has 21 heavy (non-hydrogen) atoms. The van der Waals surface area contributed by atoms with Crippen molar-refractivity contribution in [3.05, 3.63) is 44.6 Å². The molecule has 0 bridgehead atoms. The van der Waals surface area contributed by atoms with E-state index >= 15 is 0 Å². The van der Waals surface area contributed by atoms with Gasteiger partial charge in [-0.15, -0.1) is 0 Å². The molecule has 2 rings (SSSR count). The van der Waals surface area contributed by atoms with E-state index in [1.54, 1.807) is 0 Å². The van der Waals surface area contributed by atoms with Crippen molar-refractivity contribution in [1.82, 2.24) is 9.55 Å². The summed E-state index contributed by atoms with van der Waals surface area (Å²) in [5.74, 6) is 0. The molecular weight excluding hydrogens is 309 g/mol. The molecule has 9 heteroatoms. The molecule has 114 valence electrons. The summed E-state index contributed by atoms with van der Waals surface area (Å²) in [7, 11) is 0. The number of benzene rings is 1. The highest BCUT2D eigenvalue weighted by Gasteiger charge is 2.30. The smallest absolute Gasteiger partial charge is 0.318 e. The first-order valence-corrected chi connectivity index (χ1v) is 6.31. The van der Waals surface area contributed by atoms with Gasteiger partial charge < -0.3 is 9.17 Å². The van der Waals surface area contributed by atoms with Gasteiger partial charge in [-0.25, -0.2) is 4.79 Å². The molecule has 0 saturated carbocycles. The molecule has 1 heterocycles. The second-order valence-corrected chi connectivity index (χ2v) is 4.59. The van der Waals surface area contributed by atoms with Crippen LogP contribution in [0.15, 0.2) is 27.8 Å². The van der Waals surface area contributed by atoms with Crippen molar-refractivity contribution in [2.24, 2.45) is 0 Å². The number of thiol groups is 1. The van der Waals surface area contributed by atoms with E-state index in [1.807, 2.05) is 0 Å². The molecule has 1 aromatic carbocycles. The Kier molecular flexibility index (Phi) is 4.43. The maximum atomic E-state index is 12.7. The fraction of sp³-hybridized carbons (Fsp3) is 0.333. The predicted octanol–water partition coefficient (Wildman–Crippen LogP) is 1.96. The van der Waals surface area contributed by atoms with Gasteiger partial charge in [0.2, 0.25) is 0 Å². The first-order valence-electron chi connectivity index (χ1n) is 5.95. The second kappa shape index (κ2) is 5.94. The highest BCUT2D eigenvalue weighted by atomic mass is 32.1. The number of alkyl halides is 3. The van der Waals surface area contributed by atoms with Gasteiger partial charge in [0.05, 0.1) is 23.1 Å². The Morgan fingerprint density at radius 2 is 2.00 bits per heavy atom. The minimum Gasteiger partial charge on any atom is -0.318 e. The summed E-state index contributed by atoms with van der Waals surface area (Å²) in [6, 6.07) is 2.62. The topological polar surface area (TPSA) is 64.1 Å². The van der Waals surface area contributed by atoms with E-state index in [2.05, 4.69) is 22.1 Å². The van der Waals surface area contributed by atoms with Crippen LogP contribution in [0.1, 0.15) is 12.0 Å². The average Bonchev–Trinajstić information content (AvgIpc) is 2.41. The number of aromatic amines is 1. The normalized spacial score (nSPS) is 12.0. The number of aromatic nitrogens is 2. The van der Waals surface area contributed by atoms with E-state index in [4.69, 9.17) is 0 Å². The zero-order valence-corrected chi connectivity index (χ0v) is 11.5. The maximum Gasteiger partial charge on any atom is 0.416 e. The molecule has 0 radical (unpaired) electrons. The van der Waals surface area contributed by atoms with Gasteiger partial charge >= 0.3 is 11.9 Å². The Labute approximate surface area is 122 Å². The monoisotopic (exact) mass is 320 g/mol. The lowest BCUT2D eigenvalue weighted by atomic mass is 10.1. The number of halogens is 3. The van der Waals surface area contributed by atoms with Crippen LogP contribution in [0.25, 0.3) is 10.9 Å². The Bertz CT molecular complexity index is 767. The molecule has 0 amide bonds. The molecule has 0 aliphatic carbocycles. The van der Waals surface area contributed by atoms with Gasteiger partial charge in [-0.3, -0.25) is 9.36 Å². The highest BCUT2D eigenvalue weighted by Crippen LogP contribution is 2.30. The molecule has 0 aliphatic heterocycles. The van der Waals surface area contributed by atoms with E-state index in [1.165, 1.54) is 0 Å². The lowest BCUT2D eigenvalue weighted by Crippen LogP contribution is -2.35. The number of nitrogens with zero attached hydrogens (tertiary/aromatic N) is 1. The van der Waals surface area contributed by atoms with E-state index in [0.717, 1.165) is 22.8 Å². The number of hydrogen-bond acceptors (Lipinski definition) is 4. The number of hydrogen-bond donors (Lipinski definition) is 2. The van der Waals surface area contributed by atoms with E-state index in [-0.39, 0.29) is 24.1 Å². The van der Waals surface area contributed by atoms with Crippen molar-refractivity contribution in [3.63, 3.8) is 0 Å². The van der Waals surface area contributed by atoms with Crippen LogP contribution in [0.2, 0.25) is 0 Å². The SMILES string of the molecule is O=c1[nH]c2ccc(C(F)(F)F)cc2c(=O)n1CCCOS. The molecular formula is C12H11F3N2O3S. The molecule has 0 unspecified atom stereocenters. The second-order valence-electron chi connectivity index (χ2n) is 4.33. The third-order valence-electron chi connectivity index (χ3n) is 2.93. The fourth-order valence-electron chi connectivity index (χ4n) is 1.92. The van der Waals surface area contributed by atoms with Crippen molar-refractivity contribution in [2.45, 2.75) is 19.1 Å². The summed E-state index contributed by atoms with van der Waals surface area (Å²) >= 11 is 3.52. The number of rotatable bonds is 4. The van der Waals surface area contributed by atoms with Gasteiger partial charge in [0.25, 0.3) is 5.56 Å². The zero-order chi connectivity index (χ0) is 15.6. The van der Waals surface area contributed by atoms with E-state index < -0.39 is 23.0 Å². The molecule has 1 N–H and O–H groups in total. The fourth-order valence-corrected chi connectivity index (χ4v) is 2.05. The van der Waals surface area contributed by atoms with Gasteiger partial charge in [0, 0.05) is 6.54 Å². The third-order valence-corrected chi connectivity index (χ3v) is 3.11. The minimum atomic E-state index is -4.55. The van der Waals surface area contributed by atoms with Crippen molar-refractivity contribution in [1.29, 1.82) is 0 Å². The highest BCUT2D eigenvalue weighted by molar-refractivity contribution is 7.75. The summed E-state index contributed by atoms with van der Waals surface area (Å²) in [6.07, 6.45) is -4.22. The summed E-state index contributed by atoms with van der Waals surface area (Å²) in [4.78, 5) is 26.3. The Hall–Kier alpha value is -1.74. The molecule has 0 atom stereocenters. The van der Waals surface area contributed by atoms with Crippen LogP contribution in [0.4, 0.5) is 13.2 Å². The Morgan fingerprint density at radius 1 is 1.29 bits per heavy atom. The number of H-pyrrole nitrogens is 1. The first kappa shape index (κ1) is 15.6. The number of nitrogens with one attached hydrogen (secondary N) is 1. The van der Waals surface area contributed by atoms with Crippen LogP contribution in [0.5, 0.6) is 0 Å². The van der Waals surface area contributed by atoms with Crippen LogP contribution >= 0.6 is 12.9 Å². The van der Waals surface area contributed by atoms with Gasteiger partial charge in [0.15, 0.2) is 0 Å². The zero-order valence-electron chi connectivity index (χ0n) is 10.6. The van der Waals surface area contributed by atoms with Crippen molar-refractivity contribution in [3.8, 4) is 0 Å². The largest absolute Gasteiger partial charge is 0.416 e. The van der Waals surface area contributed by atoms with Crippen molar-refractivity contribution >= 4 is 23.8 Å². The minimum absolute atomic E-state index is 0.0287. The lowest BCUT2D eigenvalue weighted by molar-refractivity contribution is -0.137. The summed E-state index contributed by atoms with van der Waals surface area (Å²) < 4.78 is 43.4. The molecule has 0 saturated heterocycles. The maximum absolute atomic E-state index is 12.7. The molecule has 1 aromatic heterocycles. The standard InChI is InChI=1S/C12H11F3N2O3S/c13-12(14,15)7-2-3-9-8(6-7)10(18)17(11(19)16-9)4-1-5-20-21/h2-3,6,21H,1,4-5H2,(H,16,19). The molecule has 0 aliphatic rings. The van der Waals surface area contributed by atoms with Gasteiger partial charge in [-0.1, -0.05) is 0 Å². The van der Waals surface area contributed by atoms with Crippen LogP contribution < -0.4 is 11.2 Å². The van der Waals surface area contributed by atoms with Crippen molar-refractivity contribution in [2.75, 3.05) is 6.61 Å². The van der Waals surface area contributed by atoms with E-state index in [9.17, 15) is 22.8 Å². The van der Waals surface area contributed by atoms with Crippen molar-refractivity contribution < 1.29 is 17.4 Å². The van der Waals surface area contributed by atoms with Crippen LogP contribution in [0, 0.1) is 0 Å². The van der Waals surface area contributed by atoms with Crippen LogP contribution in [-0.4, -0.2) is 16.2 Å². The molecule has 5 nitrogen and oxygen atoms in total. The lowest BCUT2D eigenvalue weighted by Gasteiger charge is -2.09. The van der Waals surface area contributed by atoms with Gasteiger partial charge in [-0.05, 0) is 37.5 Å². The third kappa shape index (κ3) is 3.30.